The summed E-state index contributed by atoms with van der Waals surface area (Å²) in [5, 5.41) is 9.93. The molecule has 27 heavy (non-hydrogen) atoms. The lowest BCUT2D eigenvalue weighted by molar-refractivity contribution is -0.122. The Morgan fingerprint density at radius 1 is 1.26 bits per heavy atom. The molecule has 2 unspecified atom stereocenters. The molecule has 144 valence electrons. The topological polar surface area (TPSA) is 53.2 Å². The zero-order valence-corrected chi connectivity index (χ0v) is 16.3. The number of hydrogen-bond donors (Lipinski definition) is 3. The van der Waals surface area contributed by atoms with Gasteiger partial charge in [0, 0.05) is 35.3 Å². The first-order valence-electron chi connectivity index (χ1n) is 9.31. The average molecular weight is 410 g/mol. The summed E-state index contributed by atoms with van der Waals surface area (Å²) in [4.78, 5) is 13.3. The van der Waals surface area contributed by atoms with Crippen molar-refractivity contribution in [3.05, 3.63) is 51.9 Å². The second-order valence-corrected chi connectivity index (χ2v) is 8.31. The Hall–Kier alpha value is -1.56. The number of rotatable bonds is 3. The van der Waals surface area contributed by atoms with E-state index >= 15 is 0 Å². The SMILES string of the molecule is O=C(Nc1cccc(Cl)c1)C1C(C2=CCNC(Cl)=C2F)CNC12CCCC2. The monoisotopic (exact) mass is 409 g/mol. The quantitative estimate of drug-likeness (QED) is 0.651. The summed E-state index contributed by atoms with van der Waals surface area (Å²) in [5.74, 6) is -1.17. The number of allylic oxidation sites excluding steroid dienone is 1. The summed E-state index contributed by atoms with van der Waals surface area (Å²) >= 11 is 12.0. The van der Waals surface area contributed by atoms with E-state index in [-0.39, 0.29) is 28.4 Å². The van der Waals surface area contributed by atoms with Gasteiger partial charge in [-0.2, -0.15) is 0 Å². The van der Waals surface area contributed by atoms with Crippen LogP contribution >= 0.6 is 23.2 Å². The molecule has 1 saturated carbocycles. The van der Waals surface area contributed by atoms with Crippen LogP contribution in [0.5, 0.6) is 0 Å². The molecule has 2 heterocycles. The molecular weight excluding hydrogens is 388 g/mol. The molecule has 3 N–H and O–H groups in total. The number of dihydropyridines is 1. The number of carbonyl (C=O) groups is 1. The van der Waals surface area contributed by atoms with E-state index in [1.165, 1.54) is 0 Å². The van der Waals surface area contributed by atoms with Gasteiger partial charge in [-0.3, -0.25) is 4.79 Å². The van der Waals surface area contributed by atoms with Gasteiger partial charge < -0.3 is 16.0 Å². The van der Waals surface area contributed by atoms with Crippen LogP contribution in [0.1, 0.15) is 25.7 Å². The first-order chi connectivity index (χ1) is 13.0. The molecule has 0 aromatic heterocycles. The molecule has 2 atom stereocenters. The number of halogens is 3. The molecule has 0 radical (unpaired) electrons. The lowest BCUT2D eigenvalue weighted by Crippen LogP contribution is -2.47. The van der Waals surface area contributed by atoms with Gasteiger partial charge >= 0.3 is 0 Å². The molecule has 0 bridgehead atoms. The third-order valence-corrected chi connectivity index (χ3v) is 6.50. The molecule has 3 aliphatic rings. The molecule has 2 fully saturated rings. The van der Waals surface area contributed by atoms with Crippen LogP contribution in [0.15, 0.2) is 46.9 Å². The van der Waals surface area contributed by atoms with Gasteiger partial charge in [-0.1, -0.05) is 48.2 Å². The van der Waals surface area contributed by atoms with E-state index in [1.54, 1.807) is 24.3 Å². The highest BCUT2D eigenvalue weighted by atomic mass is 35.5. The minimum atomic E-state index is -0.453. The van der Waals surface area contributed by atoms with E-state index in [1.807, 2.05) is 6.07 Å². The molecule has 1 amide bonds. The van der Waals surface area contributed by atoms with E-state index in [9.17, 15) is 9.18 Å². The predicted molar refractivity (Wildman–Crippen MR) is 106 cm³/mol. The van der Waals surface area contributed by atoms with Crippen molar-refractivity contribution in [2.45, 2.75) is 31.2 Å². The van der Waals surface area contributed by atoms with E-state index in [4.69, 9.17) is 23.2 Å². The Bertz CT molecular complexity index is 817. The Kier molecular flexibility index (Phi) is 5.19. The number of carbonyl (C=O) groups excluding carboxylic acids is 1. The van der Waals surface area contributed by atoms with Crippen molar-refractivity contribution in [1.29, 1.82) is 0 Å². The molecule has 1 aliphatic carbocycles. The molecule has 4 rings (SSSR count). The van der Waals surface area contributed by atoms with Crippen molar-refractivity contribution in [1.82, 2.24) is 10.6 Å². The molecule has 1 saturated heterocycles. The minimum Gasteiger partial charge on any atom is -0.370 e. The third kappa shape index (κ3) is 3.48. The minimum absolute atomic E-state index is 0.0221. The molecule has 2 aliphatic heterocycles. The third-order valence-electron chi connectivity index (χ3n) is 5.97. The highest BCUT2D eigenvalue weighted by Crippen LogP contribution is 2.48. The summed E-state index contributed by atoms with van der Waals surface area (Å²) in [6.07, 6.45) is 5.78. The van der Waals surface area contributed by atoms with Crippen LogP contribution in [0.4, 0.5) is 10.1 Å². The Labute approximate surface area is 168 Å². The van der Waals surface area contributed by atoms with Crippen molar-refractivity contribution >= 4 is 34.8 Å². The molecule has 1 aromatic carbocycles. The van der Waals surface area contributed by atoms with E-state index in [0.717, 1.165) is 25.7 Å². The van der Waals surface area contributed by atoms with Crippen LogP contribution in [-0.4, -0.2) is 24.5 Å². The van der Waals surface area contributed by atoms with E-state index < -0.39 is 5.83 Å². The van der Waals surface area contributed by atoms with Crippen LogP contribution in [0.3, 0.4) is 0 Å². The number of amides is 1. The van der Waals surface area contributed by atoms with Crippen molar-refractivity contribution in [3.63, 3.8) is 0 Å². The lowest BCUT2D eigenvalue weighted by Gasteiger charge is -2.33. The van der Waals surface area contributed by atoms with Crippen LogP contribution in [0, 0.1) is 11.8 Å². The summed E-state index contributed by atoms with van der Waals surface area (Å²) in [6.45, 7) is 1.03. The largest absolute Gasteiger partial charge is 0.370 e. The molecule has 1 aromatic rings. The van der Waals surface area contributed by atoms with Crippen LogP contribution in [0.2, 0.25) is 5.02 Å². The fraction of sp³-hybridized carbons (Fsp3) is 0.450. The second kappa shape index (κ2) is 7.46. The smallest absolute Gasteiger partial charge is 0.230 e. The summed E-state index contributed by atoms with van der Waals surface area (Å²) in [7, 11) is 0. The highest BCUT2D eigenvalue weighted by molar-refractivity contribution is 6.31. The maximum atomic E-state index is 14.7. The van der Waals surface area contributed by atoms with Gasteiger partial charge in [0.1, 0.15) is 5.16 Å². The number of nitrogens with one attached hydrogen (secondary N) is 3. The summed E-state index contributed by atoms with van der Waals surface area (Å²) < 4.78 is 14.7. The first-order valence-corrected chi connectivity index (χ1v) is 10.1. The highest BCUT2D eigenvalue weighted by Gasteiger charge is 2.54. The van der Waals surface area contributed by atoms with Crippen molar-refractivity contribution in [2.75, 3.05) is 18.4 Å². The predicted octanol–water partition coefficient (Wildman–Crippen LogP) is 4.33. The Balaban J connectivity index is 1.66. The number of benzene rings is 1. The van der Waals surface area contributed by atoms with Gasteiger partial charge in [0.05, 0.1) is 5.92 Å². The fourth-order valence-electron chi connectivity index (χ4n) is 4.79. The lowest BCUT2D eigenvalue weighted by atomic mass is 9.75. The van der Waals surface area contributed by atoms with E-state index in [2.05, 4.69) is 16.0 Å². The first kappa shape index (κ1) is 18.8. The molecule has 7 heteroatoms. The number of hydrogen-bond acceptors (Lipinski definition) is 3. The zero-order chi connectivity index (χ0) is 19.0. The maximum Gasteiger partial charge on any atom is 0.230 e. The standard InChI is InChI=1S/C20H22Cl2FN3O/c21-12-4-3-5-13(10-12)26-19(27)16-15(11-25-20(16)7-1-2-8-20)14-6-9-24-18(22)17(14)23/h3-6,10,15-16,24-25H,1-2,7-9,11H2,(H,26,27). The van der Waals surface area contributed by atoms with Crippen molar-refractivity contribution in [3.8, 4) is 0 Å². The van der Waals surface area contributed by atoms with Gasteiger partial charge in [0.25, 0.3) is 0 Å². The Morgan fingerprint density at radius 3 is 2.78 bits per heavy atom. The van der Waals surface area contributed by atoms with Crippen molar-refractivity contribution < 1.29 is 9.18 Å². The van der Waals surface area contributed by atoms with Gasteiger partial charge in [-0.05, 0) is 36.6 Å². The van der Waals surface area contributed by atoms with Crippen LogP contribution < -0.4 is 16.0 Å². The molecule has 1 spiro atoms. The van der Waals surface area contributed by atoms with Crippen molar-refractivity contribution in [2.24, 2.45) is 11.8 Å². The van der Waals surface area contributed by atoms with Gasteiger partial charge in [0.2, 0.25) is 5.91 Å². The van der Waals surface area contributed by atoms with Crippen LogP contribution in [0.25, 0.3) is 0 Å². The summed E-state index contributed by atoms with van der Waals surface area (Å²) in [6, 6.07) is 7.09. The normalized spacial score (nSPS) is 26.9. The average Bonchev–Trinajstić information content (AvgIpc) is 3.25. The molecular formula is C20H22Cl2FN3O. The zero-order valence-electron chi connectivity index (χ0n) is 14.8. The fourth-order valence-corrected chi connectivity index (χ4v) is 5.16. The Morgan fingerprint density at radius 2 is 2.04 bits per heavy atom. The van der Waals surface area contributed by atoms with Gasteiger partial charge in [-0.25, -0.2) is 4.39 Å². The summed E-state index contributed by atoms with van der Waals surface area (Å²) in [5.41, 5.74) is 0.895. The van der Waals surface area contributed by atoms with Gasteiger partial charge in [0.15, 0.2) is 5.83 Å². The maximum absolute atomic E-state index is 14.7. The van der Waals surface area contributed by atoms with Gasteiger partial charge in [-0.15, -0.1) is 0 Å². The second-order valence-electron chi connectivity index (χ2n) is 7.50. The number of anilines is 1. The molecule has 4 nitrogen and oxygen atoms in total. The van der Waals surface area contributed by atoms with E-state index in [0.29, 0.717) is 29.4 Å². The van der Waals surface area contributed by atoms with Crippen LogP contribution in [-0.2, 0) is 4.79 Å².